The normalized spacial score (nSPS) is 16.6. The molecular formula is C15H29Cl. The maximum absolute atomic E-state index is 6.40. The Kier molecular flexibility index (Phi) is 9.12. The van der Waals surface area contributed by atoms with Gasteiger partial charge in [-0.25, -0.2) is 0 Å². The Morgan fingerprint density at radius 3 is 2.12 bits per heavy atom. The molecule has 1 heteroatoms. The highest BCUT2D eigenvalue weighted by Crippen LogP contribution is 2.24. The van der Waals surface area contributed by atoms with Gasteiger partial charge in [0.1, 0.15) is 0 Å². The number of unbranched alkanes of at least 4 members (excludes halogenated alkanes) is 1. The molecule has 0 aliphatic rings. The van der Waals surface area contributed by atoms with Crippen LogP contribution < -0.4 is 0 Å². The van der Waals surface area contributed by atoms with Crippen molar-refractivity contribution in [2.75, 3.05) is 0 Å². The molecule has 2 atom stereocenters. The molecule has 0 aliphatic heterocycles. The van der Waals surface area contributed by atoms with Crippen molar-refractivity contribution in [3.05, 3.63) is 11.6 Å². The summed E-state index contributed by atoms with van der Waals surface area (Å²) in [4.78, 5) is 0. The van der Waals surface area contributed by atoms with E-state index in [1.807, 2.05) is 0 Å². The van der Waals surface area contributed by atoms with E-state index < -0.39 is 0 Å². The van der Waals surface area contributed by atoms with Gasteiger partial charge in [-0.05, 0) is 31.1 Å². The van der Waals surface area contributed by atoms with Crippen LogP contribution in [0.5, 0.6) is 0 Å². The molecule has 0 aromatic carbocycles. The first-order chi connectivity index (χ1) is 7.52. The molecule has 0 rings (SSSR count). The third-order valence-corrected chi connectivity index (χ3v) is 3.96. The highest BCUT2D eigenvalue weighted by atomic mass is 35.5. The van der Waals surface area contributed by atoms with Crippen LogP contribution in [0.4, 0.5) is 0 Å². The lowest BCUT2D eigenvalue weighted by atomic mass is 9.93. The van der Waals surface area contributed by atoms with Gasteiger partial charge in [0, 0.05) is 5.38 Å². The Bertz CT molecular complexity index is 194. The van der Waals surface area contributed by atoms with Crippen LogP contribution in [0.3, 0.4) is 0 Å². The second-order valence-corrected chi connectivity index (χ2v) is 5.73. The van der Waals surface area contributed by atoms with Gasteiger partial charge in [0.05, 0.1) is 0 Å². The third-order valence-electron chi connectivity index (χ3n) is 3.06. The summed E-state index contributed by atoms with van der Waals surface area (Å²) in [5.74, 6) is 1.06. The van der Waals surface area contributed by atoms with E-state index in [9.17, 15) is 0 Å². The lowest BCUT2D eigenvalue weighted by Gasteiger charge is -2.20. The second-order valence-electron chi connectivity index (χ2n) is 5.23. The van der Waals surface area contributed by atoms with Crippen molar-refractivity contribution in [2.24, 2.45) is 11.8 Å². The summed E-state index contributed by atoms with van der Waals surface area (Å²) in [6.45, 7) is 11.2. The maximum atomic E-state index is 6.40. The number of allylic oxidation sites excluding steroid dienone is 2. The largest absolute Gasteiger partial charge is 0.122 e. The highest BCUT2D eigenvalue weighted by molar-refractivity contribution is 6.21. The molecule has 0 amide bonds. The second kappa shape index (κ2) is 9.10. The van der Waals surface area contributed by atoms with E-state index in [0.29, 0.717) is 11.8 Å². The summed E-state index contributed by atoms with van der Waals surface area (Å²) in [5.41, 5.74) is 1.61. The summed E-state index contributed by atoms with van der Waals surface area (Å²) < 4.78 is 0. The van der Waals surface area contributed by atoms with E-state index in [1.165, 1.54) is 32.1 Å². The predicted octanol–water partition coefficient (Wildman–Crippen LogP) is 5.80. The standard InChI is InChI=1S/C15H29Cl/c1-6-8-10-14(9-7-2)11-13(5)15(16)12(3)4/h11-13,15H,6-10H2,1-5H3/b14-11+/t13?,15-/m1/s1. The Morgan fingerprint density at radius 1 is 1.06 bits per heavy atom. The molecule has 0 N–H and O–H groups in total. The average Bonchev–Trinajstić information content (AvgIpc) is 2.24. The van der Waals surface area contributed by atoms with Crippen LogP contribution in [0, 0.1) is 11.8 Å². The van der Waals surface area contributed by atoms with Crippen LogP contribution in [0.1, 0.15) is 66.7 Å². The zero-order valence-corrected chi connectivity index (χ0v) is 12.5. The van der Waals surface area contributed by atoms with Crippen LogP contribution in [0.2, 0.25) is 0 Å². The van der Waals surface area contributed by atoms with Gasteiger partial charge in [-0.3, -0.25) is 0 Å². The van der Waals surface area contributed by atoms with E-state index in [0.717, 1.165) is 0 Å². The van der Waals surface area contributed by atoms with Crippen molar-refractivity contribution >= 4 is 11.6 Å². The SMILES string of the molecule is CCCC/C(=C/C(C)[C@H](Cl)C(C)C)CCC. The van der Waals surface area contributed by atoms with Gasteiger partial charge in [0.2, 0.25) is 0 Å². The lowest BCUT2D eigenvalue weighted by molar-refractivity contribution is 0.509. The molecule has 1 unspecified atom stereocenters. The molecule has 16 heavy (non-hydrogen) atoms. The first-order valence-electron chi connectivity index (χ1n) is 6.86. The van der Waals surface area contributed by atoms with Crippen LogP contribution in [-0.2, 0) is 0 Å². The summed E-state index contributed by atoms with van der Waals surface area (Å²) in [5, 5.41) is 0.272. The fraction of sp³-hybridized carbons (Fsp3) is 0.867. The molecule has 0 saturated carbocycles. The molecular weight excluding hydrogens is 216 g/mol. The maximum Gasteiger partial charge on any atom is 0.0419 e. The van der Waals surface area contributed by atoms with Crippen molar-refractivity contribution in [2.45, 2.75) is 72.1 Å². The van der Waals surface area contributed by atoms with Gasteiger partial charge in [0.25, 0.3) is 0 Å². The van der Waals surface area contributed by atoms with Gasteiger partial charge in [-0.1, -0.05) is 59.1 Å². The zero-order valence-electron chi connectivity index (χ0n) is 11.7. The molecule has 0 nitrogen and oxygen atoms in total. The van der Waals surface area contributed by atoms with E-state index in [-0.39, 0.29) is 5.38 Å². The van der Waals surface area contributed by atoms with Crippen LogP contribution in [-0.4, -0.2) is 5.38 Å². The molecule has 0 saturated heterocycles. The van der Waals surface area contributed by atoms with E-state index in [2.05, 4.69) is 40.7 Å². The summed E-state index contributed by atoms with van der Waals surface area (Å²) in [6, 6.07) is 0. The minimum absolute atomic E-state index is 0.272. The molecule has 0 bridgehead atoms. The quantitative estimate of drug-likeness (QED) is 0.374. The monoisotopic (exact) mass is 244 g/mol. The number of rotatable bonds is 8. The summed E-state index contributed by atoms with van der Waals surface area (Å²) in [7, 11) is 0. The van der Waals surface area contributed by atoms with Crippen molar-refractivity contribution in [1.82, 2.24) is 0 Å². The number of halogens is 1. The van der Waals surface area contributed by atoms with Gasteiger partial charge in [-0.2, -0.15) is 0 Å². The number of alkyl halides is 1. The lowest BCUT2D eigenvalue weighted by Crippen LogP contribution is -2.16. The molecule has 96 valence electrons. The number of hydrogen-bond acceptors (Lipinski definition) is 0. The van der Waals surface area contributed by atoms with Crippen LogP contribution in [0.25, 0.3) is 0 Å². The van der Waals surface area contributed by atoms with E-state index in [1.54, 1.807) is 5.57 Å². The fourth-order valence-corrected chi connectivity index (χ4v) is 2.16. The predicted molar refractivity (Wildman–Crippen MR) is 76.2 cm³/mol. The van der Waals surface area contributed by atoms with Crippen LogP contribution in [0.15, 0.2) is 11.6 Å². The third kappa shape index (κ3) is 6.58. The molecule has 0 aliphatic carbocycles. The van der Waals surface area contributed by atoms with Crippen LogP contribution >= 0.6 is 11.6 Å². The van der Waals surface area contributed by atoms with Gasteiger partial charge in [-0.15, -0.1) is 11.6 Å². The first-order valence-corrected chi connectivity index (χ1v) is 7.30. The van der Waals surface area contributed by atoms with Gasteiger partial charge >= 0.3 is 0 Å². The Labute approximate surface area is 107 Å². The summed E-state index contributed by atoms with van der Waals surface area (Å²) >= 11 is 6.40. The van der Waals surface area contributed by atoms with Crippen molar-refractivity contribution in [3.63, 3.8) is 0 Å². The Hall–Kier alpha value is 0.0300. The fourth-order valence-electron chi connectivity index (χ4n) is 2.09. The van der Waals surface area contributed by atoms with Crippen molar-refractivity contribution in [3.8, 4) is 0 Å². The highest BCUT2D eigenvalue weighted by Gasteiger charge is 2.16. The number of hydrogen-bond donors (Lipinski definition) is 0. The zero-order chi connectivity index (χ0) is 12.6. The average molecular weight is 245 g/mol. The molecule has 0 heterocycles. The first kappa shape index (κ1) is 16.0. The van der Waals surface area contributed by atoms with Crippen molar-refractivity contribution < 1.29 is 0 Å². The van der Waals surface area contributed by atoms with E-state index in [4.69, 9.17) is 11.6 Å². The minimum Gasteiger partial charge on any atom is -0.122 e. The Morgan fingerprint density at radius 2 is 1.69 bits per heavy atom. The molecule has 0 radical (unpaired) electrons. The summed E-state index contributed by atoms with van der Waals surface area (Å²) in [6.07, 6.45) is 8.77. The topological polar surface area (TPSA) is 0 Å². The molecule has 0 aromatic heterocycles. The Balaban J connectivity index is 4.38. The smallest absolute Gasteiger partial charge is 0.0419 e. The molecule has 0 spiro atoms. The van der Waals surface area contributed by atoms with Gasteiger partial charge in [0.15, 0.2) is 0 Å². The minimum atomic E-state index is 0.272. The van der Waals surface area contributed by atoms with Gasteiger partial charge < -0.3 is 0 Å². The molecule has 0 fully saturated rings. The van der Waals surface area contributed by atoms with E-state index >= 15 is 0 Å². The van der Waals surface area contributed by atoms with Crippen molar-refractivity contribution in [1.29, 1.82) is 0 Å². The molecule has 0 aromatic rings.